The van der Waals surface area contributed by atoms with E-state index in [1.165, 1.54) is 7.11 Å². The Morgan fingerprint density at radius 1 is 1.11 bits per heavy atom. The third-order valence-electron chi connectivity index (χ3n) is 7.81. The van der Waals surface area contributed by atoms with Crippen molar-refractivity contribution in [2.75, 3.05) is 20.3 Å². The van der Waals surface area contributed by atoms with Crippen molar-refractivity contribution < 1.29 is 14.3 Å². The maximum atomic E-state index is 13.7. The van der Waals surface area contributed by atoms with Gasteiger partial charge in [-0.25, -0.2) is 0 Å². The van der Waals surface area contributed by atoms with Crippen LogP contribution in [0.1, 0.15) is 53.1 Å². The molecule has 5 rings (SSSR count). The summed E-state index contributed by atoms with van der Waals surface area (Å²) in [6, 6.07) is 18.6. The topological polar surface area (TPSA) is 85.4 Å². The Bertz CT molecular complexity index is 1510. The molecular weight excluding hydrogens is 478 g/mol. The number of nitrogens with one attached hydrogen (secondary N) is 2. The molecule has 2 aromatic heterocycles. The zero-order chi connectivity index (χ0) is 26.8. The summed E-state index contributed by atoms with van der Waals surface area (Å²) in [5.74, 6) is 0.719. The van der Waals surface area contributed by atoms with E-state index in [1.54, 1.807) is 13.0 Å². The Balaban J connectivity index is 1.56. The van der Waals surface area contributed by atoms with Crippen molar-refractivity contribution in [3.05, 3.63) is 87.5 Å². The lowest BCUT2D eigenvalue weighted by molar-refractivity contribution is 0.0517. The van der Waals surface area contributed by atoms with Gasteiger partial charge in [0.15, 0.2) is 0 Å². The lowest BCUT2D eigenvalue weighted by Gasteiger charge is -2.30. The number of benzene rings is 2. The fourth-order valence-corrected chi connectivity index (χ4v) is 5.76. The monoisotopic (exact) mass is 513 g/mol. The second-order valence-electron chi connectivity index (χ2n) is 10.1. The van der Waals surface area contributed by atoms with E-state index < -0.39 is 0 Å². The first-order valence-corrected chi connectivity index (χ1v) is 13.2. The maximum Gasteiger partial charge on any atom is 0.256 e. The predicted molar refractivity (Wildman–Crippen MR) is 150 cm³/mol. The third kappa shape index (κ3) is 4.86. The Hall–Kier alpha value is -3.84. The van der Waals surface area contributed by atoms with Gasteiger partial charge >= 0.3 is 0 Å². The number of methoxy groups -OCH3 is 1. The van der Waals surface area contributed by atoms with E-state index in [0.29, 0.717) is 28.5 Å². The summed E-state index contributed by atoms with van der Waals surface area (Å²) in [4.78, 5) is 29.1. The number of aromatic amines is 1. The summed E-state index contributed by atoms with van der Waals surface area (Å²) in [7, 11) is 1.53. The van der Waals surface area contributed by atoms with Gasteiger partial charge in [0, 0.05) is 41.5 Å². The number of hydrogen-bond donors (Lipinski definition) is 2. The molecule has 1 saturated heterocycles. The summed E-state index contributed by atoms with van der Waals surface area (Å²) < 4.78 is 13.4. The molecule has 1 aliphatic heterocycles. The van der Waals surface area contributed by atoms with E-state index in [-0.39, 0.29) is 24.1 Å². The number of pyridine rings is 1. The molecule has 2 aromatic carbocycles. The van der Waals surface area contributed by atoms with Gasteiger partial charge in [-0.2, -0.15) is 0 Å². The minimum Gasteiger partial charge on any atom is -0.496 e. The van der Waals surface area contributed by atoms with Crippen molar-refractivity contribution in [2.24, 2.45) is 5.92 Å². The zero-order valence-electron chi connectivity index (χ0n) is 22.5. The van der Waals surface area contributed by atoms with Gasteiger partial charge in [-0.3, -0.25) is 9.59 Å². The molecule has 0 bridgehead atoms. The number of aromatic nitrogens is 2. The van der Waals surface area contributed by atoms with Crippen molar-refractivity contribution in [3.8, 4) is 16.9 Å². The van der Waals surface area contributed by atoms with Gasteiger partial charge in [-0.05, 0) is 62.8 Å². The number of nitrogens with zero attached hydrogens (tertiary/aromatic N) is 1. The number of rotatable bonds is 7. The standard InChI is InChI=1S/C31H35N3O4/c1-19-16-28(37-4)26(30(35)33-19)18-32-31(36)29-21(3)34(20(2)22-12-14-38-15-13-22)27-17-24(10-11-25(27)29)23-8-6-5-7-9-23/h5-11,16-17,20,22H,12-15,18H2,1-4H3,(H,32,36)(H,33,35)/t20-/m0/s1. The van der Waals surface area contributed by atoms with Crippen LogP contribution in [-0.2, 0) is 11.3 Å². The van der Waals surface area contributed by atoms with Crippen LogP contribution in [0.3, 0.4) is 0 Å². The number of hydrogen-bond acceptors (Lipinski definition) is 4. The molecule has 0 unspecified atom stereocenters. The summed E-state index contributed by atoms with van der Waals surface area (Å²) in [6.07, 6.45) is 1.99. The van der Waals surface area contributed by atoms with Crippen LogP contribution in [0.4, 0.5) is 0 Å². The molecular formula is C31H35N3O4. The molecule has 0 aliphatic carbocycles. The van der Waals surface area contributed by atoms with Gasteiger partial charge < -0.3 is 24.3 Å². The van der Waals surface area contributed by atoms with Crippen LogP contribution in [0.5, 0.6) is 5.75 Å². The van der Waals surface area contributed by atoms with E-state index in [2.05, 4.69) is 46.1 Å². The Morgan fingerprint density at radius 2 is 1.84 bits per heavy atom. The summed E-state index contributed by atoms with van der Waals surface area (Å²) >= 11 is 0. The predicted octanol–water partition coefficient (Wildman–Crippen LogP) is 5.54. The smallest absolute Gasteiger partial charge is 0.256 e. The normalized spacial score (nSPS) is 14.9. The molecule has 7 heteroatoms. The van der Waals surface area contributed by atoms with Crippen LogP contribution in [0, 0.1) is 19.8 Å². The minimum atomic E-state index is -0.262. The molecule has 3 heterocycles. The van der Waals surface area contributed by atoms with Crippen molar-refractivity contribution in [1.82, 2.24) is 14.9 Å². The summed E-state index contributed by atoms with van der Waals surface area (Å²) in [5.41, 5.74) is 5.69. The molecule has 4 aromatic rings. The SMILES string of the molecule is COc1cc(C)[nH]c(=O)c1CNC(=O)c1c(C)n([C@@H](C)C2CCOCC2)c2cc(-c3ccccc3)ccc12. The van der Waals surface area contributed by atoms with E-state index in [0.717, 1.165) is 53.8 Å². The highest BCUT2D eigenvalue weighted by atomic mass is 16.5. The number of fused-ring (bicyclic) bond motifs is 1. The van der Waals surface area contributed by atoms with E-state index in [4.69, 9.17) is 9.47 Å². The van der Waals surface area contributed by atoms with Gasteiger partial charge in [-0.15, -0.1) is 0 Å². The quantitative estimate of drug-likeness (QED) is 0.340. The number of ether oxygens (including phenoxy) is 2. The van der Waals surface area contributed by atoms with Crippen LogP contribution < -0.4 is 15.6 Å². The van der Waals surface area contributed by atoms with Gasteiger partial charge in [0.25, 0.3) is 11.5 Å². The van der Waals surface area contributed by atoms with Crippen LogP contribution in [-0.4, -0.2) is 35.8 Å². The molecule has 1 fully saturated rings. The molecule has 1 amide bonds. The summed E-state index contributed by atoms with van der Waals surface area (Å²) in [5, 5.41) is 3.89. The zero-order valence-corrected chi connectivity index (χ0v) is 22.5. The fourth-order valence-electron chi connectivity index (χ4n) is 5.76. The molecule has 0 radical (unpaired) electrons. The molecule has 198 valence electrons. The second-order valence-corrected chi connectivity index (χ2v) is 10.1. The van der Waals surface area contributed by atoms with E-state index in [9.17, 15) is 9.59 Å². The number of carbonyl (C=O) groups is 1. The molecule has 1 atom stereocenters. The highest BCUT2D eigenvalue weighted by Crippen LogP contribution is 2.37. The van der Waals surface area contributed by atoms with Crippen LogP contribution in [0.15, 0.2) is 59.4 Å². The highest BCUT2D eigenvalue weighted by molar-refractivity contribution is 6.09. The summed E-state index contributed by atoms with van der Waals surface area (Å²) in [6.45, 7) is 7.67. The third-order valence-corrected chi connectivity index (χ3v) is 7.81. The lowest BCUT2D eigenvalue weighted by atomic mass is 9.92. The fraction of sp³-hybridized carbons (Fsp3) is 0.355. The maximum absolute atomic E-state index is 13.7. The van der Waals surface area contributed by atoms with E-state index >= 15 is 0 Å². The van der Waals surface area contributed by atoms with Crippen molar-refractivity contribution in [3.63, 3.8) is 0 Å². The van der Waals surface area contributed by atoms with Gasteiger partial charge in [-0.1, -0.05) is 42.5 Å². The molecule has 2 N–H and O–H groups in total. The average molecular weight is 514 g/mol. The molecule has 0 spiro atoms. The molecule has 7 nitrogen and oxygen atoms in total. The highest BCUT2D eigenvalue weighted by Gasteiger charge is 2.28. The average Bonchev–Trinajstić information content (AvgIpc) is 3.23. The van der Waals surface area contributed by atoms with Crippen LogP contribution in [0.2, 0.25) is 0 Å². The Morgan fingerprint density at radius 3 is 2.55 bits per heavy atom. The van der Waals surface area contributed by atoms with Crippen LogP contribution in [0.25, 0.3) is 22.0 Å². The second kappa shape index (κ2) is 10.9. The Kier molecular flexibility index (Phi) is 7.38. The minimum absolute atomic E-state index is 0.0708. The Labute approximate surface area is 222 Å². The van der Waals surface area contributed by atoms with E-state index in [1.807, 2.05) is 31.2 Å². The van der Waals surface area contributed by atoms with Crippen LogP contribution >= 0.6 is 0 Å². The largest absolute Gasteiger partial charge is 0.496 e. The van der Waals surface area contributed by atoms with Gasteiger partial charge in [0.2, 0.25) is 0 Å². The first kappa shape index (κ1) is 25.8. The van der Waals surface area contributed by atoms with Crippen molar-refractivity contribution in [2.45, 2.75) is 46.2 Å². The van der Waals surface area contributed by atoms with Gasteiger partial charge in [0.1, 0.15) is 5.75 Å². The number of carbonyl (C=O) groups excluding carboxylic acids is 1. The molecule has 1 aliphatic rings. The van der Waals surface area contributed by atoms with Crippen molar-refractivity contribution in [1.29, 1.82) is 0 Å². The molecule has 0 saturated carbocycles. The van der Waals surface area contributed by atoms with Crippen molar-refractivity contribution >= 4 is 16.8 Å². The molecule has 38 heavy (non-hydrogen) atoms. The number of amides is 1. The first-order chi connectivity index (χ1) is 18.4. The first-order valence-electron chi connectivity index (χ1n) is 13.2. The number of H-pyrrole nitrogens is 1. The number of aryl methyl sites for hydroxylation is 1. The lowest BCUT2D eigenvalue weighted by Crippen LogP contribution is -2.28. The van der Waals surface area contributed by atoms with Gasteiger partial charge in [0.05, 0.1) is 24.8 Å².